The summed E-state index contributed by atoms with van der Waals surface area (Å²) in [4.78, 5) is 35.2. The molecule has 270 valence electrons. The Morgan fingerprint density at radius 1 is 1.06 bits per heavy atom. The van der Waals surface area contributed by atoms with E-state index in [1.807, 2.05) is 0 Å². The first-order valence-corrected chi connectivity index (χ1v) is 15.8. The molecule has 0 bridgehead atoms. The maximum atomic E-state index is 15.4. The van der Waals surface area contributed by atoms with Crippen LogP contribution < -0.4 is 20.5 Å². The lowest BCUT2D eigenvalue weighted by atomic mass is 9.80. The summed E-state index contributed by atoms with van der Waals surface area (Å²) < 4.78 is 103. The quantitative estimate of drug-likeness (QED) is 0.156. The zero-order chi connectivity index (χ0) is 37.3. The third-order valence-corrected chi connectivity index (χ3v) is 9.35. The minimum atomic E-state index is -5.25. The Hall–Kier alpha value is -5.64. The van der Waals surface area contributed by atoms with Gasteiger partial charge in [0.05, 0.1) is 24.9 Å². The highest BCUT2D eigenvalue weighted by Crippen LogP contribution is 2.48. The monoisotopic (exact) mass is 726 g/mol. The molecule has 52 heavy (non-hydrogen) atoms. The Kier molecular flexibility index (Phi) is 8.20. The number of carbonyl (C=O) groups is 2. The highest BCUT2D eigenvalue weighted by molar-refractivity contribution is 5.99. The molecule has 5 aromatic rings. The van der Waals surface area contributed by atoms with Crippen LogP contribution in [0.5, 0.6) is 11.5 Å². The van der Waals surface area contributed by atoms with E-state index >= 15 is 4.39 Å². The fourth-order valence-corrected chi connectivity index (χ4v) is 6.13. The van der Waals surface area contributed by atoms with E-state index in [4.69, 9.17) is 19.6 Å². The fourth-order valence-electron chi connectivity index (χ4n) is 6.13. The van der Waals surface area contributed by atoms with Gasteiger partial charge in [0.25, 0.3) is 5.91 Å². The van der Waals surface area contributed by atoms with Crippen LogP contribution in [0.25, 0.3) is 22.4 Å². The highest BCUT2D eigenvalue weighted by Gasteiger charge is 2.47. The molecular formula is C36H28F6N4O6. The number of hydrogen-bond donors (Lipinski definition) is 3. The molecule has 1 aliphatic heterocycles. The normalized spacial score (nSPS) is 18.1. The predicted octanol–water partition coefficient (Wildman–Crippen LogP) is 6.01. The van der Waals surface area contributed by atoms with Gasteiger partial charge in [-0.05, 0) is 61.7 Å². The number of nitrogens with two attached hydrogens (primary N) is 1. The number of hydrogen-bond acceptors (Lipinski definition) is 8. The number of aromatic nitrogens is 2. The largest absolute Gasteiger partial charge is 0.494 e. The summed E-state index contributed by atoms with van der Waals surface area (Å²) in [5.41, 5.74) is -1.93. The molecule has 3 heterocycles. The van der Waals surface area contributed by atoms with Crippen molar-refractivity contribution in [1.82, 2.24) is 15.3 Å². The van der Waals surface area contributed by atoms with Crippen molar-refractivity contribution in [3.05, 3.63) is 106 Å². The van der Waals surface area contributed by atoms with E-state index in [2.05, 4.69) is 15.3 Å². The number of alkyl halides is 3. The Bertz CT molecular complexity index is 2290. The van der Waals surface area contributed by atoms with Crippen LogP contribution in [0.4, 0.5) is 26.3 Å². The number of amides is 2. The number of halogens is 6. The van der Waals surface area contributed by atoms with E-state index in [0.717, 1.165) is 31.0 Å². The van der Waals surface area contributed by atoms with Gasteiger partial charge in [0.15, 0.2) is 17.0 Å². The second kappa shape index (κ2) is 12.3. The second-order valence-electron chi connectivity index (χ2n) is 12.9. The Labute approximate surface area is 290 Å². The predicted molar refractivity (Wildman–Crippen MR) is 171 cm³/mol. The van der Waals surface area contributed by atoms with Gasteiger partial charge in [-0.15, -0.1) is 0 Å². The van der Waals surface area contributed by atoms with Crippen LogP contribution >= 0.6 is 0 Å². The maximum absolute atomic E-state index is 15.4. The number of pyridine rings is 1. The number of aliphatic hydroxyl groups is 1. The number of carbonyl (C=O) groups excluding carboxylic acids is 2. The molecule has 0 spiro atoms. The van der Waals surface area contributed by atoms with Crippen molar-refractivity contribution in [1.29, 1.82) is 0 Å². The fraction of sp³-hybridized carbons (Fsp3) is 0.278. The first-order chi connectivity index (χ1) is 24.5. The third-order valence-electron chi connectivity index (χ3n) is 9.35. The first-order valence-electron chi connectivity index (χ1n) is 15.8. The van der Waals surface area contributed by atoms with Gasteiger partial charge in [0, 0.05) is 28.7 Å². The minimum absolute atomic E-state index is 0.0212. The number of rotatable bonds is 9. The van der Waals surface area contributed by atoms with Crippen molar-refractivity contribution in [3.63, 3.8) is 0 Å². The van der Waals surface area contributed by atoms with Gasteiger partial charge < -0.3 is 30.0 Å². The van der Waals surface area contributed by atoms with Crippen LogP contribution in [-0.2, 0) is 22.0 Å². The summed E-state index contributed by atoms with van der Waals surface area (Å²) in [5, 5.41) is 15.0. The van der Waals surface area contributed by atoms with Crippen LogP contribution in [0.2, 0.25) is 0 Å². The maximum Gasteiger partial charge on any atom is 0.419 e. The number of benzene rings is 3. The molecule has 2 amide bonds. The summed E-state index contributed by atoms with van der Waals surface area (Å²) >= 11 is 0. The van der Waals surface area contributed by atoms with E-state index in [1.165, 1.54) is 38.3 Å². The van der Waals surface area contributed by atoms with Crippen molar-refractivity contribution in [2.24, 2.45) is 5.73 Å². The zero-order valence-corrected chi connectivity index (χ0v) is 27.3. The Morgan fingerprint density at radius 2 is 1.81 bits per heavy atom. The molecular weight excluding hydrogens is 698 g/mol. The number of nitrogens with one attached hydrogen (secondary N) is 1. The van der Waals surface area contributed by atoms with E-state index in [-0.39, 0.29) is 51.8 Å². The lowest BCUT2D eigenvalue weighted by Crippen LogP contribution is -2.43. The van der Waals surface area contributed by atoms with Crippen molar-refractivity contribution in [2.45, 2.75) is 42.9 Å². The molecule has 10 nitrogen and oxygen atoms in total. The molecule has 1 aliphatic carbocycles. The summed E-state index contributed by atoms with van der Waals surface area (Å²) in [5.74, 6) is -5.38. The lowest BCUT2D eigenvalue weighted by molar-refractivity contribution is -0.140. The van der Waals surface area contributed by atoms with Gasteiger partial charge in [-0.25, -0.2) is 23.1 Å². The molecule has 2 aromatic heterocycles. The van der Waals surface area contributed by atoms with Crippen molar-refractivity contribution >= 4 is 22.9 Å². The average Bonchev–Trinajstić information content (AvgIpc) is 3.76. The highest BCUT2D eigenvalue weighted by atomic mass is 19.4. The third kappa shape index (κ3) is 5.85. The number of fused-ring (bicyclic) bond motifs is 2. The van der Waals surface area contributed by atoms with Gasteiger partial charge in [0.2, 0.25) is 5.91 Å². The molecule has 2 aliphatic rings. The number of methoxy groups -OCH3 is 1. The van der Waals surface area contributed by atoms with Gasteiger partial charge in [-0.1, -0.05) is 12.1 Å². The van der Waals surface area contributed by atoms with Gasteiger partial charge in [-0.2, -0.15) is 13.2 Å². The lowest BCUT2D eigenvalue weighted by Gasteiger charge is -2.30. The molecule has 3 aromatic carbocycles. The molecule has 7 rings (SSSR count). The van der Waals surface area contributed by atoms with Gasteiger partial charge >= 0.3 is 6.18 Å². The van der Waals surface area contributed by atoms with E-state index in [9.17, 15) is 36.6 Å². The Morgan fingerprint density at radius 3 is 2.46 bits per heavy atom. The van der Waals surface area contributed by atoms with Crippen LogP contribution in [-0.4, -0.2) is 47.2 Å². The number of nitrogens with zero attached hydrogens (tertiary/aromatic N) is 2. The zero-order valence-electron chi connectivity index (χ0n) is 27.3. The molecule has 2 atom stereocenters. The summed E-state index contributed by atoms with van der Waals surface area (Å²) in [6, 6.07) is 8.71. The van der Waals surface area contributed by atoms with Gasteiger partial charge in [0.1, 0.15) is 52.3 Å². The molecule has 16 heteroatoms. The van der Waals surface area contributed by atoms with E-state index < -0.39 is 82.1 Å². The minimum Gasteiger partial charge on any atom is -0.494 e. The molecule has 1 saturated carbocycles. The van der Waals surface area contributed by atoms with E-state index in [0.29, 0.717) is 11.4 Å². The topological polar surface area (TPSA) is 150 Å². The molecule has 4 N–H and O–H groups in total. The summed E-state index contributed by atoms with van der Waals surface area (Å²) in [7, 11) is 1.38. The van der Waals surface area contributed by atoms with Gasteiger partial charge in [-0.3, -0.25) is 9.59 Å². The van der Waals surface area contributed by atoms with Crippen molar-refractivity contribution in [2.75, 3.05) is 20.3 Å². The van der Waals surface area contributed by atoms with E-state index in [1.54, 1.807) is 0 Å². The molecule has 0 saturated heterocycles. The second-order valence-corrected chi connectivity index (χ2v) is 12.9. The van der Waals surface area contributed by atoms with Crippen LogP contribution in [0.3, 0.4) is 0 Å². The smallest absolute Gasteiger partial charge is 0.419 e. The Balaban J connectivity index is 1.37. The van der Waals surface area contributed by atoms with Crippen LogP contribution in [0.15, 0.2) is 59.0 Å². The number of ether oxygens (including phenoxy) is 2. The molecule has 0 radical (unpaired) electrons. The average molecular weight is 727 g/mol. The van der Waals surface area contributed by atoms with Crippen LogP contribution in [0, 0.1) is 17.5 Å². The first kappa shape index (κ1) is 34.8. The summed E-state index contributed by atoms with van der Waals surface area (Å²) in [6.07, 6.45) is -3.44. The van der Waals surface area contributed by atoms with Crippen molar-refractivity contribution < 1.29 is 54.9 Å². The van der Waals surface area contributed by atoms with Crippen LogP contribution in [0.1, 0.15) is 64.3 Å². The molecule has 0 unspecified atom stereocenters. The number of oxazole rings is 1. The SMILES string of the molecule is COc1cc(C(=O)NC[C@@](O)(c2cccc(F)c2)c2cc3c(c(-c4cc(C(F)(F)F)c(F)cc4F)n2)OC[C@]3(C)C(N)=O)cc2oc(C3CC3)nc12. The standard InChI is InChI=1S/C36H28F6N4O6/c1-34(33(43)48)15-51-30-22(34)12-27(45-28(30)20-11-21(36(40,41)42)24(39)13-23(20)38)35(49,18-4-3-5-19(37)10-18)14-44-31(47)17-8-25(50-2)29-26(9-17)52-32(46-29)16-6-7-16/h3-5,8-13,16,49H,6-7,14-15H2,1-2H3,(H2,43,48)(H,44,47)/t34-,35+/m0/s1. The number of primary amides is 1. The molecule has 1 fully saturated rings. The van der Waals surface area contributed by atoms with Crippen molar-refractivity contribution in [3.8, 4) is 22.8 Å². The summed E-state index contributed by atoms with van der Waals surface area (Å²) in [6.45, 7) is 0.147.